The van der Waals surface area contributed by atoms with Crippen LogP contribution in [0.4, 0.5) is 8.78 Å². The molecule has 130 valence electrons. The average Bonchev–Trinajstić information content (AvgIpc) is 2.59. The Morgan fingerprint density at radius 2 is 1.84 bits per heavy atom. The number of rotatable bonds is 5. The highest BCUT2D eigenvalue weighted by Crippen LogP contribution is 2.16. The average molecular weight is 346 g/mol. The minimum absolute atomic E-state index is 0.0672. The molecule has 0 unspecified atom stereocenters. The molecule has 0 saturated heterocycles. The molecule has 0 radical (unpaired) electrons. The quantitative estimate of drug-likeness (QED) is 0.646. The first-order chi connectivity index (χ1) is 12.0. The fraction of sp³-hybridized carbons (Fsp3) is 0.111. The summed E-state index contributed by atoms with van der Waals surface area (Å²) in [5, 5.41) is 0. The van der Waals surface area contributed by atoms with Crippen LogP contribution in [0.3, 0.4) is 0 Å². The molecule has 0 aliphatic heterocycles. The first-order valence-corrected chi connectivity index (χ1v) is 7.40. The molecular formula is C18H16F2N2O3. The van der Waals surface area contributed by atoms with E-state index >= 15 is 0 Å². The Morgan fingerprint density at radius 1 is 1.08 bits per heavy atom. The van der Waals surface area contributed by atoms with Crippen molar-refractivity contribution < 1.29 is 23.1 Å². The number of benzene rings is 2. The molecule has 2 rings (SSSR count). The molecule has 1 atom stereocenters. The zero-order valence-electron chi connectivity index (χ0n) is 13.3. The lowest BCUT2D eigenvalue weighted by molar-refractivity contribution is -0.131. The summed E-state index contributed by atoms with van der Waals surface area (Å²) in [6, 6.07) is 11.3. The Balaban J connectivity index is 1.82. The molecule has 2 aromatic carbocycles. The third-order valence-corrected chi connectivity index (χ3v) is 3.09. The number of para-hydroxylation sites is 1. The lowest BCUT2D eigenvalue weighted by Crippen LogP contribution is -2.46. The Labute approximate surface area is 143 Å². The molecule has 2 aromatic rings. The number of hydrazine groups is 1. The lowest BCUT2D eigenvalue weighted by Gasteiger charge is -2.15. The molecule has 25 heavy (non-hydrogen) atoms. The Bertz CT molecular complexity index is 793. The standard InChI is InChI=1S/C18H16F2N2O3/c1-12(25-16-8-3-2-7-15(16)20)18(24)22-21-17(23)10-9-13-5-4-6-14(19)11-13/h2-12H,1H3,(H,21,23)(H,22,24)/b10-9+/t12-/m1/s1. The number of nitrogens with one attached hydrogen (secondary N) is 2. The van der Waals surface area contributed by atoms with Crippen LogP contribution in [0.2, 0.25) is 0 Å². The highest BCUT2D eigenvalue weighted by molar-refractivity contribution is 5.93. The third-order valence-electron chi connectivity index (χ3n) is 3.09. The molecule has 7 heteroatoms. The number of amides is 2. The molecule has 5 nitrogen and oxygen atoms in total. The van der Waals surface area contributed by atoms with E-state index < -0.39 is 29.6 Å². The van der Waals surface area contributed by atoms with Crippen molar-refractivity contribution in [2.75, 3.05) is 0 Å². The molecule has 0 heterocycles. The van der Waals surface area contributed by atoms with Gasteiger partial charge in [0.2, 0.25) is 0 Å². The highest BCUT2D eigenvalue weighted by Gasteiger charge is 2.16. The van der Waals surface area contributed by atoms with E-state index in [4.69, 9.17) is 4.74 Å². The fourth-order valence-corrected chi connectivity index (χ4v) is 1.83. The minimum Gasteiger partial charge on any atom is -0.478 e. The van der Waals surface area contributed by atoms with Gasteiger partial charge in [-0.1, -0.05) is 24.3 Å². The molecule has 0 saturated carbocycles. The van der Waals surface area contributed by atoms with Gasteiger partial charge in [0.25, 0.3) is 11.8 Å². The van der Waals surface area contributed by atoms with Crippen molar-refractivity contribution in [3.63, 3.8) is 0 Å². The van der Waals surface area contributed by atoms with Gasteiger partial charge in [0.1, 0.15) is 5.82 Å². The highest BCUT2D eigenvalue weighted by atomic mass is 19.1. The smallest absolute Gasteiger partial charge is 0.279 e. The fourth-order valence-electron chi connectivity index (χ4n) is 1.83. The first kappa shape index (κ1) is 18.1. The van der Waals surface area contributed by atoms with Crippen LogP contribution in [0.25, 0.3) is 6.08 Å². The number of halogens is 2. The van der Waals surface area contributed by atoms with E-state index in [1.165, 1.54) is 49.4 Å². The maximum atomic E-state index is 13.5. The van der Waals surface area contributed by atoms with E-state index in [9.17, 15) is 18.4 Å². The number of carbonyl (C=O) groups is 2. The first-order valence-electron chi connectivity index (χ1n) is 7.40. The molecular weight excluding hydrogens is 330 g/mol. The number of carbonyl (C=O) groups excluding carboxylic acids is 2. The maximum absolute atomic E-state index is 13.5. The van der Waals surface area contributed by atoms with Crippen LogP contribution >= 0.6 is 0 Å². The van der Waals surface area contributed by atoms with Crippen LogP contribution in [0.15, 0.2) is 54.6 Å². The van der Waals surface area contributed by atoms with E-state index in [2.05, 4.69) is 10.9 Å². The number of hydrogen-bond acceptors (Lipinski definition) is 3. The Hall–Kier alpha value is -3.22. The lowest BCUT2D eigenvalue weighted by atomic mass is 10.2. The van der Waals surface area contributed by atoms with Crippen molar-refractivity contribution in [1.29, 1.82) is 0 Å². The van der Waals surface area contributed by atoms with Crippen LogP contribution in [0.5, 0.6) is 5.75 Å². The molecule has 0 spiro atoms. The van der Waals surface area contributed by atoms with Gasteiger partial charge >= 0.3 is 0 Å². The van der Waals surface area contributed by atoms with E-state index in [0.29, 0.717) is 5.56 Å². The normalized spacial score (nSPS) is 11.8. The van der Waals surface area contributed by atoms with Crippen LogP contribution in [0.1, 0.15) is 12.5 Å². The molecule has 0 aliphatic carbocycles. The summed E-state index contributed by atoms with van der Waals surface area (Å²) in [5.74, 6) is -2.35. The maximum Gasteiger partial charge on any atom is 0.279 e. The van der Waals surface area contributed by atoms with Crippen molar-refractivity contribution >= 4 is 17.9 Å². The number of ether oxygens (including phenoxy) is 1. The van der Waals surface area contributed by atoms with Gasteiger partial charge in [0.05, 0.1) is 0 Å². The van der Waals surface area contributed by atoms with Gasteiger partial charge in [-0.25, -0.2) is 8.78 Å². The topological polar surface area (TPSA) is 67.4 Å². The van der Waals surface area contributed by atoms with E-state index in [0.717, 1.165) is 6.08 Å². The number of hydrogen-bond donors (Lipinski definition) is 2. The Morgan fingerprint density at radius 3 is 2.56 bits per heavy atom. The molecule has 0 aromatic heterocycles. The molecule has 2 N–H and O–H groups in total. The van der Waals surface area contributed by atoms with Crippen molar-refractivity contribution in [2.45, 2.75) is 13.0 Å². The second kappa shape index (κ2) is 8.58. The van der Waals surface area contributed by atoms with Gasteiger partial charge in [0.15, 0.2) is 17.7 Å². The van der Waals surface area contributed by atoms with Crippen molar-refractivity contribution in [2.24, 2.45) is 0 Å². The summed E-state index contributed by atoms with van der Waals surface area (Å²) in [6.07, 6.45) is 1.51. The summed E-state index contributed by atoms with van der Waals surface area (Å²) in [5.41, 5.74) is 4.81. The predicted octanol–water partition coefficient (Wildman–Crippen LogP) is 2.59. The van der Waals surface area contributed by atoms with Crippen molar-refractivity contribution in [3.8, 4) is 5.75 Å². The van der Waals surface area contributed by atoms with Gasteiger partial charge in [-0.15, -0.1) is 0 Å². The van der Waals surface area contributed by atoms with E-state index in [1.807, 2.05) is 0 Å². The van der Waals surface area contributed by atoms with E-state index in [-0.39, 0.29) is 5.75 Å². The monoisotopic (exact) mass is 346 g/mol. The second-order valence-electron chi connectivity index (χ2n) is 5.06. The summed E-state index contributed by atoms with van der Waals surface area (Å²) < 4.78 is 31.6. The molecule has 0 bridgehead atoms. The summed E-state index contributed by atoms with van der Waals surface area (Å²) in [6.45, 7) is 1.41. The van der Waals surface area contributed by atoms with Crippen LogP contribution in [-0.4, -0.2) is 17.9 Å². The van der Waals surface area contributed by atoms with Gasteiger partial charge < -0.3 is 4.74 Å². The second-order valence-corrected chi connectivity index (χ2v) is 5.06. The Kier molecular flexibility index (Phi) is 6.22. The minimum atomic E-state index is -1.02. The third kappa shape index (κ3) is 5.72. The molecule has 0 fully saturated rings. The predicted molar refractivity (Wildman–Crippen MR) is 88.2 cm³/mol. The van der Waals surface area contributed by atoms with Crippen molar-refractivity contribution in [1.82, 2.24) is 10.9 Å². The van der Waals surface area contributed by atoms with E-state index in [1.54, 1.807) is 12.1 Å². The van der Waals surface area contributed by atoms with Gasteiger partial charge in [0, 0.05) is 6.08 Å². The largest absolute Gasteiger partial charge is 0.478 e. The summed E-state index contributed by atoms with van der Waals surface area (Å²) >= 11 is 0. The zero-order valence-corrected chi connectivity index (χ0v) is 13.3. The van der Waals surface area contributed by atoms with Crippen LogP contribution in [0, 0.1) is 11.6 Å². The van der Waals surface area contributed by atoms with Gasteiger partial charge in [-0.3, -0.25) is 20.4 Å². The van der Waals surface area contributed by atoms with Gasteiger partial charge in [-0.05, 0) is 42.8 Å². The summed E-state index contributed by atoms with van der Waals surface area (Å²) in [4.78, 5) is 23.5. The molecule has 0 aliphatic rings. The van der Waals surface area contributed by atoms with Crippen LogP contribution in [-0.2, 0) is 9.59 Å². The summed E-state index contributed by atoms with van der Waals surface area (Å²) in [7, 11) is 0. The van der Waals surface area contributed by atoms with Crippen LogP contribution < -0.4 is 15.6 Å². The van der Waals surface area contributed by atoms with Crippen molar-refractivity contribution in [3.05, 3.63) is 71.8 Å². The van der Waals surface area contributed by atoms with Gasteiger partial charge in [-0.2, -0.15) is 0 Å². The molecule has 2 amide bonds. The zero-order chi connectivity index (χ0) is 18.2. The SMILES string of the molecule is C[C@@H](Oc1ccccc1F)C(=O)NNC(=O)/C=C/c1cccc(F)c1.